The first-order valence-electron chi connectivity index (χ1n) is 11.6. The van der Waals surface area contributed by atoms with Crippen molar-refractivity contribution in [1.29, 1.82) is 0 Å². The number of fused-ring (bicyclic) bond motifs is 1. The fraction of sp³-hybridized carbons (Fsp3) is 0.500. The molecule has 3 atom stereocenters. The Balaban J connectivity index is 1.70. The summed E-state index contributed by atoms with van der Waals surface area (Å²) in [5.74, 6) is -0.426. The Kier molecular flexibility index (Phi) is 6.33. The second-order valence-corrected chi connectivity index (χ2v) is 8.92. The van der Waals surface area contributed by atoms with Crippen LogP contribution in [0.5, 0.6) is 0 Å². The highest BCUT2D eigenvalue weighted by atomic mass is 19.1. The maximum atomic E-state index is 13.5. The quantitative estimate of drug-likeness (QED) is 0.719. The monoisotopic (exact) mass is 424 g/mol. The van der Waals surface area contributed by atoms with E-state index in [0.29, 0.717) is 18.5 Å². The molecule has 1 aliphatic heterocycles. The fourth-order valence-corrected chi connectivity index (χ4v) is 5.55. The predicted molar refractivity (Wildman–Crippen MR) is 122 cm³/mol. The first-order chi connectivity index (χ1) is 15.0. The van der Waals surface area contributed by atoms with Gasteiger partial charge in [0.2, 0.25) is 0 Å². The molecule has 0 spiro atoms. The second kappa shape index (κ2) is 8.99. The van der Waals surface area contributed by atoms with Gasteiger partial charge in [0, 0.05) is 36.8 Å². The summed E-state index contributed by atoms with van der Waals surface area (Å²) < 4.78 is 13.4. The van der Waals surface area contributed by atoms with E-state index in [2.05, 4.69) is 43.0 Å². The summed E-state index contributed by atoms with van der Waals surface area (Å²) in [5, 5.41) is 11.5. The van der Waals surface area contributed by atoms with Crippen molar-refractivity contribution in [2.24, 2.45) is 5.92 Å². The van der Waals surface area contributed by atoms with Crippen LogP contribution < -0.4 is 4.90 Å². The Bertz CT molecular complexity index is 895. The Morgan fingerprint density at radius 1 is 1.06 bits per heavy atom. The number of halogens is 1. The summed E-state index contributed by atoms with van der Waals surface area (Å²) >= 11 is 0. The number of likely N-dealkylation sites (tertiary alicyclic amines) is 1. The molecule has 1 heterocycles. The van der Waals surface area contributed by atoms with E-state index < -0.39 is 5.60 Å². The summed E-state index contributed by atoms with van der Waals surface area (Å²) in [5.41, 5.74) is 2.00. The van der Waals surface area contributed by atoms with Gasteiger partial charge in [0.05, 0.1) is 11.6 Å². The number of nitrogens with zero attached hydrogens (tertiary/aromatic N) is 2. The van der Waals surface area contributed by atoms with Crippen LogP contribution in [-0.2, 0) is 0 Å². The van der Waals surface area contributed by atoms with Gasteiger partial charge >= 0.3 is 0 Å². The Hall–Kier alpha value is -2.40. The molecule has 1 saturated carbocycles. The van der Waals surface area contributed by atoms with Gasteiger partial charge < -0.3 is 14.9 Å². The normalized spacial score (nSPS) is 25.7. The van der Waals surface area contributed by atoms with Crippen LogP contribution in [0.15, 0.2) is 48.5 Å². The number of anilines is 1. The van der Waals surface area contributed by atoms with Gasteiger partial charge in [0.1, 0.15) is 5.82 Å². The molecule has 1 aliphatic carbocycles. The lowest BCUT2D eigenvalue weighted by atomic mass is 9.66. The van der Waals surface area contributed by atoms with E-state index in [4.69, 9.17) is 0 Å². The molecular weight excluding hydrogens is 391 g/mol. The van der Waals surface area contributed by atoms with Crippen molar-refractivity contribution in [3.63, 3.8) is 0 Å². The number of amides is 1. The SMILES string of the molecule is CCN(CC)c1ccc([C@H]2[C@@H]3CCCC[C@]3(O)CCN2C(=O)c2ccc(F)cc2)cc1. The van der Waals surface area contributed by atoms with Crippen molar-refractivity contribution < 1.29 is 14.3 Å². The molecule has 1 saturated heterocycles. The van der Waals surface area contributed by atoms with Crippen LogP contribution in [0.25, 0.3) is 0 Å². The molecule has 0 aromatic heterocycles. The Morgan fingerprint density at radius 2 is 1.74 bits per heavy atom. The van der Waals surface area contributed by atoms with E-state index >= 15 is 0 Å². The zero-order valence-corrected chi connectivity index (χ0v) is 18.6. The average molecular weight is 425 g/mol. The van der Waals surface area contributed by atoms with Crippen LogP contribution in [0.1, 0.15) is 67.9 Å². The summed E-state index contributed by atoms with van der Waals surface area (Å²) in [6.07, 6.45) is 4.40. The maximum Gasteiger partial charge on any atom is 0.254 e. The van der Waals surface area contributed by atoms with Crippen LogP contribution in [0.4, 0.5) is 10.1 Å². The van der Waals surface area contributed by atoms with Crippen LogP contribution >= 0.6 is 0 Å². The minimum atomic E-state index is -0.722. The van der Waals surface area contributed by atoms with Crippen molar-refractivity contribution in [3.8, 4) is 0 Å². The topological polar surface area (TPSA) is 43.8 Å². The molecule has 1 N–H and O–H groups in total. The third-order valence-electron chi connectivity index (χ3n) is 7.28. The highest BCUT2D eigenvalue weighted by Gasteiger charge is 2.50. The highest BCUT2D eigenvalue weighted by Crippen LogP contribution is 2.49. The minimum Gasteiger partial charge on any atom is -0.389 e. The number of benzene rings is 2. The molecule has 0 unspecified atom stereocenters. The second-order valence-electron chi connectivity index (χ2n) is 8.92. The molecular formula is C26H33FN2O2. The number of hydrogen-bond donors (Lipinski definition) is 1. The molecule has 1 amide bonds. The summed E-state index contributed by atoms with van der Waals surface area (Å²) in [4.78, 5) is 17.7. The van der Waals surface area contributed by atoms with Crippen LogP contribution in [0, 0.1) is 11.7 Å². The first-order valence-corrected chi connectivity index (χ1v) is 11.6. The number of rotatable bonds is 5. The zero-order valence-electron chi connectivity index (χ0n) is 18.6. The van der Waals surface area contributed by atoms with Gasteiger partial charge in [0.25, 0.3) is 5.91 Å². The smallest absolute Gasteiger partial charge is 0.254 e. The van der Waals surface area contributed by atoms with E-state index in [1.807, 2.05) is 4.90 Å². The number of hydrogen-bond acceptors (Lipinski definition) is 3. The van der Waals surface area contributed by atoms with Gasteiger partial charge in [0.15, 0.2) is 0 Å². The van der Waals surface area contributed by atoms with E-state index in [9.17, 15) is 14.3 Å². The van der Waals surface area contributed by atoms with Crippen LogP contribution in [0.3, 0.4) is 0 Å². The van der Waals surface area contributed by atoms with Crippen LogP contribution in [-0.4, -0.2) is 41.1 Å². The number of piperidine rings is 1. The van der Waals surface area contributed by atoms with Gasteiger partial charge in [-0.3, -0.25) is 4.79 Å². The molecule has 2 aromatic carbocycles. The van der Waals surface area contributed by atoms with Gasteiger partial charge in [-0.1, -0.05) is 25.0 Å². The van der Waals surface area contributed by atoms with Crippen molar-refractivity contribution in [2.75, 3.05) is 24.5 Å². The lowest BCUT2D eigenvalue weighted by Gasteiger charge is -2.52. The largest absolute Gasteiger partial charge is 0.389 e. The van der Waals surface area contributed by atoms with Gasteiger partial charge in [-0.25, -0.2) is 4.39 Å². The Labute approximate surface area is 184 Å². The van der Waals surface area contributed by atoms with Crippen molar-refractivity contribution >= 4 is 11.6 Å². The van der Waals surface area contributed by atoms with Gasteiger partial charge in [-0.05, 0) is 75.1 Å². The summed E-state index contributed by atoms with van der Waals surface area (Å²) in [6.45, 7) is 6.67. The lowest BCUT2D eigenvalue weighted by Crippen LogP contribution is -2.56. The molecule has 4 nitrogen and oxygen atoms in total. The molecule has 2 aliphatic rings. The maximum absolute atomic E-state index is 13.5. The van der Waals surface area contributed by atoms with Crippen LogP contribution in [0.2, 0.25) is 0 Å². The Morgan fingerprint density at radius 3 is 2.39 bits per heavy atom. The molecule has 4 rings (SSSR count). The summed E-state index contributed by atoms with van der Waals surface area (Å²) in [7, 11) is 0. The van der Waals surface area contributed by atoms with E-state index in [-0.39, 0.29) is 23.7 Å². The fourth-order valence-electron chi connectivity index (χ4n) is 5.55. The number of aliphatic hydroxyl groups is 1. The molecule has 166 valence electrons. The molecule has 2 aromatic rings. The molecule has 2 fully saturated rings. The molecule has 0 bridgehead atoms. The zero-order chi connectivity index (χ0) is 22.0. The van der Waals surface area contributed by atoms with Crippen molar-refractivity contribution in [2.45, 2.75) is 57.6 Å². The van der Waals surface area contributed by atoms with E-state index in [1.165, 1.54) is 17.8 Å². The number of carbonyl (C=O) groups is 1. The summed E-state index contributed by atoms with van der Waals surface area (Å²) in [6, 6.07) is 14.1. The highest BCUT2D eigenvalue weighted by molar-refractivity contribution is 5.94. The molecule has 0 radical (unpaired) electrons. The predicted octanol–water partition coefficient (Wildman–Crippen LogP) is 5.18. The third kappa shape index (κ3) is 4.20. The minimum absolute atomic E-state index is 0.0127. The van der Waals surface area contributed by atoms with E-state index in [1.54, 1.807) is 12.1 Å². The molecule has 5 heteroatoms. The number of carbonyl (C=O) groups excluding carboxylic acids is 1. The van der Waals surface area contributed by atoms with Gasteiger partial charge in [-0.2, -0.15) is 0 Å². The van der Waals surface area contributed by atoms with E-state index in [0.717, 1.165) is 44.3 Å². The van der Waals surface area contributed by atoms with Crippen molar-refractivity contribution in [1.82, 2.24) is 4.90 Å². The standard InChI is InChI=1S/C26H33FN2O2/c1-3-28(4-2)22-14-10-19(11-15-22)24-23-7-5-6-16-26(23,31)17-18-29(24)25(30)20-8-12-21(27)13-9-20/h8-15,23-24,31H,3-7,16-18H2,1-2H3/t23-,24-,26-/m0/s1. The third-order valence-corrected chi connectivity index (χ3v) is 7.28. The van der Waals surface area contributed by atoms with Gasteiger partial charge in [-0.15, -0.1) is 0 Å². The molecule has 31 heavy (non-hydrogen) atoms. The first kappa shape index (κ1) is 21.8. The lowest BCUT2D eigenvalue weighted by molar-refractivity contribution is -0.115. The average Bonchev–Trinajstić information content (AvgIpc) is 2.79. The van der Waals surface area contributed by atoms with Crippen molar-refractivity contribution in [3.05, 3.63) is 65.5 Å².